The molecule has 0 amide bonds. The van der Waals surface area contributed by atoms with Crippen LogP contribution in [0.5, 0.6) is 0 Å². The van der Waals surface area contributed by atoms with Crippen LogP contribution >= 0.6 is 0 Å². The molecular weight excluding hydrogens is 90.1 g/mol. The third-order valence-electron chi connectivity index (χ3n) is 0.567. The lowest BCUT2D eigenvalue weighted by Crippen LogP contribution is -2.07. The van der Waals surface area contributed by atoms with Crippen LogP contribution in [0.4, 0.5) is 0 Å². The first kappa shape index (κ1) is 6.63. The van der Waals surface area contributed by atoms with E-state index in [-0.39, 0.29) is 6.10 Å². The average molecular weight is 100 g/mol. The standard InChI is InChI=1S/C5H10NO/c1-3-7-5(2)4-6/h4-6H,2-3H2,1H3. The van der Waals surface area contributed by atoms with Crippen molar-refractivity contribution in [3.05, 3.63) is 6.92 Å². The summed E-state index contributed by atoms with van der Waals surface area (Å²) in [6, 6.07) is 0. The molecule has 0 rings (SSSR count). The van der Waals surface area contributed by atoms with Crippen LogP contribution in [0.15, 0.2) is 0 Å². The first-order valence-electron chi connectivity index (χ1n) is 2.26. The molecule has 1 N–H and O–H groups in total. The van der Waals surface area contributed by atoms with E-state index in [9.17, 15) is 0 Å². The first-order chi connectivity index (χ1) is 3.31. The fourth-order valence-electron chi connectivity index (χ4n) is 0.262. The minimum atomic E-state index is -0.259. The van der Waals surface area contributed by atoms with E-state index in [1.54, 1.807) is 0 Å². The Labute approximate surface area is 44.0 Å². The van der Waals surface area contributed by atoms with E-state index in [4.69, 9.17) is 10.1 Å². The largest absolute Gasteiger partial charge is 0.373 e. The summed E-state index contributed by atoms with van der Waals surface area (Å²) in [6.45, 7) is 5.99. The van der Waals surface area contributed by atoms with E-state index in [0.717, 1.165) is 0 Å². The first-order valence-corrected chi connectivity index (χ1v) is 2.26. The highest BCUT2D eigenvalue weighted by atomic mass is 16.5. The molecule has 2 heteroatoms. The van der Waals surface area contributed by atoms with Crippen LogP contribution in [-0.4, -0.2) is 18.9 Å². The van der Waals surface area contributed by atoms with Gasteiger partial charge in [-0.3, -0.25) is 0 Å². The molecule has 1 radical (unpaired) electrons. The number of rotatable bonds is 3. The lowest BCUT2D eigenvalue weighted by molar-refractivity contribution is 0.141. The van der Waals surface area contributed by atoms with Gasteiger partial charge in [-0.1, -0.05) is 0 Å². The summed E-state index contributed by atoms with van der Waals surface area (Å²) in [4.78, 5) is 0. The van der Waals surface area contributed by atoms with Gasteiger partial charge in [-0.2, -0.15) is 0 Å². The van der Waals surface area contributed by atoms with Crippen molar-refractivity contribution in [1.29, 1.82) is 5.41 Å². The maximum Gasteiger partial charge on any atom is 0.0919 e. The van der Waals surface area contributed by atoms with Crippen LogP contribution in [0.2, 0.25) is 0 Å². The molecular formula is C5H10NO. The number of nitrogens with one attached hydrogen (secondary N) is 1. The Morgan fingerprint density at radius 3 is 2.71 bits per heavy atom. The number of ether oxygens (including phenoxy) is 1. The Morgan fingerprint density at radius 1 is 2.00 bits per heavy atom. The molecule has 2 nitrogen and oxygen atoms in total. The van der Waals surface area contributed by atoms with Gasteiger partial charge in [-0.05, 0) is 13.8 Å². The highest BCUT2D eigenvalue weighted by Crippen LogP contribution is 1.80. The van der Waals surface area contributed by atoms with Crippen LogP contribution in [0, 0.1) is 12.3 Å². The Bertz CT molecular complexity index is 54.0. The fourth-order valence-corrected chi connectivity index (χ4v) is 0.262. The van der Waals surface area contributed by atoms with Crippen LogP contribution in [0.3, 0.4) is 0 Å². The van der Waals surface area contributed by atoms with Crippen LogP contribution in [0.1, 0.15) is 6.92 Å². The number of hydrogen-bond acceptors (Lipinski definition) is 2. The highest BCUT2D eigenvalue weighted by molar-refractivity contribution is 5.59. The van der Waals surface area contributed by atoms with Gasteiger partial charge in [0.15, 0.2) is 0 Å². The SMILES string of the molecule is [CH2]C(C=N)OCC. The summed E-state index contributed by atoms with van der Waals surface area (Å²) < 4.78 is 4.84. The zero-order valence-electron chi connectivity index (χ0n) is 4.48. The van der Waals surface area contributed by atoms with E-state index >= 15 is 0 Å². The Kier molecular flexibility index (Phi) is 3.61. The van der Waals surface area contributed by atoms with Crippen molar-refractivity contribution < 1.29 is 4.74 Å². The molecule has 41 valence electrons. The van der Waals surface area contributed by atoms with Gasteiger partial charge < -0.3 is 10.1 Å². The van der Waals surface area contributed by atoms with Crippen molar-refractivity contribution in [3.63, 3.8) is 0 Å². The van der Waals surface area contributed by atoms with Gasteiger partial charge in [0, 0.05) is 12.8 Å². The fraction of sp³-hybridized carbons (Fsp3) is 0.600. The van der Waals surface area contributed by atoms with Crippen molar-refractivity contribution in [2.75, 3.05) is 6.61 Å². The molecule has 7 heavy (non-hydrogen) atoms. The highest BCUT2D eigenvalue weighted by Gasteiger charge is 1.89. The molecule has 0 aliphatic rings. The molecule has 0 aliphatic heterocycles. The molecule has 0 aromatic carbocycles. The van der Waals surface area contributed by atoms with Crippen molar-refractivity contribution in [1.82, 2.24) is 0 Å². The Balaban J connectivity index is 2.98. The van der Waals surface area contributed by atoms with Crippen molar-refractivity contribution in [3.8, 4) is 0 Å². The second kappa shape index (κ2) is 3.81. The topological polar surface area (TPSA) is 33.1 Å². The average Bonchev–Trinajstić information content (AvgIpc) is 1.68. The summed E-state index contributed by atoms with van der Waals surface area (Å²) in [5.41, 5.74) is 0. The lowest BCUT2D eigenvalue weighted by Gasteiger charge is -2.00. The molecule has 1 unspecified atom stereocenters. The minimum absolute atomic E-state index is 0.259. The predicted molar refractivity (Wildman–Crippen MR) is 29.6 cm³/mol. The zero-order valence-corrected chi connectivity index (χ0v) is 4.48. The second-order valence-corrected chi connectivity index (χ2v) is 1.16. The van der Waals surface area contributed by atoms with E-state index in [1.807, 2.05) is 6.92 Å². The van der Waals surface area contributed by atoms with Crippen LogP contribution in [-0.2, 0) is 4.74 Å². The van der Waals surface area contributed by atoms with E-state index in [2.05, 4.69) is 6.92 Å². The molecule has 0 aromatic rings. The van der Waals surface area contributed by atoms with Gasteiger partial charge in [-0.15, -0.1) is 0 Å². The van der Waals surface area contributed by atoms with E-state index < -0.39 is 0 Å². The maximum atomic E-state index is 6.60. The molecule has 0 saturated heterocycles. The maximum absolute atomic E-state index is 6.60. The third kappa shape index (κ3) is 3.46. The molecule has 0 bridgehead atoms. The van der Waals surface area contributed by atoms with Gasteiger partial charge in [-0.25, -0.2) is 0 Å². The number of hydrogen-bond donors (Lipinski definition) is 1. The molecule has 0 saturated carbocycles. The summed E-state index contributed by atoms with van der Waals surface area (Å²) in [5, 5.41) is 6.60. The lowest BCUT2D eigenvalue weighted by atomic mass is 10.4. The summed E-state index contributed by atoms with van der Waals surface area (Å²) >= 11 is 0. The van der Waals surface area contributed by atoms with Gasteiger partial charge in [0.25, 0.3) is 0 Å². The summed E-state index contributed by atoms with van der Waals surface area (Å²) in [7, 11) is 0. The molecule has 0 aromatic heterocycles. The normalized spacial score (nSPS) is 13.4. The molecule has 0 spiro atoms. The van der Waals surface area contributed by atoms with Gasteiger partial charge in [0.1, 0.15) is 0 Å². The molecule has 1 atom stereocenters. The molecule has 0 fully saturated rings. The summed E-state index contributed by atoms with van der Waals surface area (Å²) in [5.74, 6) is 0. The van der Waals surface area contributed by atoms with Crippen LogP contribution < -0.4 is 0 Å². The second-order valence-electron chi connectivity index (χ2n) is 1.16. The quantitative estimate of drug-likeness (QED) is 0.524. The smallest absolute Gasteiger partial charge is 0.0919 e. The van der Waals surface area contributed by atoms with E-state index in [1.165, 1.54) is 6.21 Å². The van der Waals surface area contributed by atoms with Crippen molar-refractivity contribution >= 4 is 6.21 Å². The van der Waals surface area contributed by atoms with Crippen molar-refractivity contribution in [2.24, 2.45) is 0 Å². The predicted octanol–water partition coefficient (Wildman–Crippen LogP) is 0.875. The molecule has 0 heterocycles. The summed E-state index contributed by atoms with van der Waals surface area (Å²) in [6.07, 6.45) is 0.911. The monoisotopic (exact) mass is 100 g/mol. The van der Waals surface area contributed by atoms with Gasteiger partial charge in [0.2, 0.25) is 0 Å². The third-order valence-corrected chi connectivity index (χ3v) is 0.567. The van der Waals surface area contributed by atoms with Gasteiger partial charge in [0.05, 0.1) is 6.10 Å². The van der Waals surface area contributed by atoms with Crippen molar-refractivity contribution in [2.45, 2.75) is 13.0 Å². The minimum Gasteiger partial charge on any atom is -0.373 e. The Morgan fingerprint density at radius 2 is 2.57 bits per heavy atom. The van der Waals surface area contributed by atoms with Crippen LogP contribution in [0.25, 0.3) is 0 Å². The van der Waals surface area contributed by atoms with E-state index in [0.29, 0.717) is 6.61 Å². The molecule has 0 aliphatic carbocycles. The zero-order chi connectivity index (χ0) is 5.70. The Hall–Kier alpha value is -0.370. The van der Waals surface area contributed by atoms with Gasteiger partial charge >= 0.3 is 0 Å².